The van der Waals surface area contributed by atoms with Gasteiger partial charge in [-0.2, -0.15) is 0 Å². The zero-order valence-electron chi connectivity index (χ0n) is 9.51. The van der Waals surface area contributed by atoms with E-state index in [0.29, 0.717) is 6.54 Å². The monoisotopic (exact) mass is 201 g/mol. The van der Waals surface area contributed by atoms with Gasteiger partial charge in [0, 0.05) is 6.54 Å². The lowest BCUT2D eigenvalue weighted by Gasteiger charge is -2.19. The van der Waals surface area contributed by atoms with Gasteiger partial charge >= 0.3 is 6.09 Å². The molecule has 4 heteroatoms. The summed E-state index contributed by atoms with van der Waals surface area (Å²) in [5.41, 5.74) is -0.529. The Labute approximate surface area is 85.0 Å². The molecular weight excluding hydrogens is 182 g/mol. The van der Waals surface area contributed by atoms with Gasteiger partial charge in [0.2, 0.25) is 0 Å². The number of rotatable bonds is 2. The summed E-state index contributed by atoms with van der Waals surface area (Å²) in [5, 5.41) is 2.67. The minimum atomic E-state index is -0.440. The molecule has 0 saturated carbocycles. The second-order valence-corrected chi connectivity index (χ2v) is 5.09. The van der Waals surface area contributed by atoms with Crippen LogP contribution in [0.25, 0.3) is 0 Å². The summed E-state index contributed by atoms with van der Waals surface area (Å²) >= 11 is 0. The van der Waals surface area contributed by atoms with Gasteiger partial charge in [-0.15, -0.1) is 0 Å². The third-order valence-corrected chi connectivity index (χ3v) is 1.99. The molecule has 0 aromatic heterocycles. The normalized spacial score (nSPS) is 24.2. The van der Waals surface area contributed by atoms with Crippen LogP contribution in [0.15, 0.2) is 0 Å². The molecule has 1 atom stereocenters. The number of ether oxygens (including phenoxy) is 2. The molecule has 1 aliphatic heterocycles. The maximum Gasteiger partial charge on any atom is 0.407 e. The molecule has 0 aromatic carbocycles. The molecule has 14 heavy (non-hydrogen) atoms. The molecule has 1 aliphatic rings. The fourth-order valence-electron chi connectivity index (χ4n) is 1.11. The first kappa shape index (κ1) is 11.3. The quantitative estimate of drug-likeness (QED) is 0.692. The van der Waals surface area contributed by atoms with Crippen LogP contribution in [0.2, 0.25) is 0 Å². The predicted octanol–water partition coefficient (Wildman–Crippen LogP) is 1.69. The van der Waals surface area contributed by atoms with Crippen molar-refractivity contribution in [1.29, 1.82) is 0 Å². The van der Waals surface area contributed by atoms with Crippen LogP contribution in [-0.4, -0.2) is 29.9 Å². The fourth-order valence-corrected chi connectivity index (χ4v) is 1.11. The molecule has 1 fully saturated rings. The van der Waals surface area contributed by atoms with E-state index in [1.165, 1.54) is 0 Å². The molecule has 0 aliphatic carbocycles. The SMILES string of the molecule is CC(C)(C)OC(=O)NCC1OC1(C)C. The summed E-state index contributed by atoms with van der Waals surface area (Å²) in [6, 6.07) is 0. The van der Waals surface area contributed by atoms with Crippen LogP contribution in [-0.2, 0) is 9.47 Å². The molecule has 1 heterocycles. The molecule has 1 saturated heterocycles. The van der Waals surface area contributed by atoms with E-state index < -0.39 is 5.60 Å². The minimum absolute atomic E-state index is 0.0883. The predicted molar refractivity (Wildman–Crippen MR) is 53.2 cm³/mol. The minimum Gasteiger partial charge on any atom is -0.444 e. The molecule has 0 radical (unpaired) electrons. The van der Waals surface area contributed by atoms with Crippen LogP contribution < -0.4 is 5.32 Å². The average Bonchev–Trinajstić information content (AvgIpc) is 2.51. The summed E-state index contributed by atoms with van der Waals surface area (Å²) in [7, 11) is 0. The second-order valence-electron chi connectivity index (χ2n) is 5.09. The standard InChI is InChI=1S/C10H19NO3/c1-9(2,3)14-8(12)11-6-7-10(4,5)13-7/h7H,6H2,1-5H3,(H,11,12). The third kappa shape index (κ3) is 3.54. The van der Waals surface area contributed by atoms with E-state index in [1.54, 1.807) is 0 Å². The molecular formula is C10H19NO3. The van der Waals surface area contributed by atoms with Gasteiger partial charge in [-0.1, -0.05) is 0 Å². The maximum atomic E-state index is 11.2. The van der Waals surface area contributed by atoms with E-state index in [0.717, 1.165) is 0 Å². The van der Waals surface area contributed by atoms with Gasteiger partial charge in [-0.25, -0.2) is 4.79 Å². The summed E-state index contributed by atoms with van der Waals surface area (Å²) in [6.07, 6.45) is -0.265. The van der Waals surface area contributed by atoms with Crippen molar-refractivity contribution in [2.45, 2.75) is 51.9 Å². The maximum absolute atomic E-state index is 11.2. The van der Waals surface area contributed by atoms with E-state index >= 15 is 0 Å². The first-order valence-electron chi connectivity index (χ1n) is 4.85. The molecule has 1 N–H and O–H groups in total. The van der Waals surface area contributed by atoms with E-state index in [4.69, 9.17) is 9.47 Å². The van der Waals surface area contributed by atoms with Crippen LogP contribution in [0.1, 0.15) is 34.6 Å². The number of amides is 1. The van der Waals surface area contributed by atoms with Crippen molar-refractivity contribution in [3.8, 4) is 0 Å². The number of carbonyl (C=O) groups excluding carboxylic acids is 1. The summed E-state index contributed by atoms with van der Waals surface area (Å²) < 4.78 is 10.4. The van der Waals surface area contributed by atoms with Gasteiger partial charge in [-0.05, 0) is 34.6 Å². The summed E-state index contributed by atoms with van der Waals surface area (Å²) in [4.78, 5) is 11.2. The number of carbonyl (C=O) groups is 1. The second kappa shape index (κ2) is 3.42. The molecule has 1 unspecified atom stereocenters. The molecule has 0 spiro atoms. The van der Waals surface area contributed by atoms with E-state index in [2.05, 4.69) is 5.32 Å². The fraction of sp³-hybridized carbons (Fsp3) is 0.900. The topological polar surface area (TPSA) is 50.9 Å². The molecule has 82 valence electrons. The lowest BCUT2D eigenvalue weighted by molar-refractivity contribution is 0.0524. The lowest BCUT2D eigenvalue weighted by atomic mass is 10.1. The van der Waals surface area contributed by atoms with Crippen molar-refractivity contribution in [3.05, 3.63) is 0 Å². The summed E-state index contributed by atoms with van der Waals surface area (Å²) in [6.45, 7) is 10.0. The number of alkyl carbamates (subject to hydrolysis) is 1. The van der Waals surface area contributed by atoms with Crippen LogP contribution in [0, 0.1) is 0 Å². The average molecular weight is 201 g/mol. The Morgan fingerprint density at radius 3 is 2.36 bits per heavy atom. The number of hydrogen-bond acceptors (Lipinski definition) is 3. The van der Waals surface area contributed by atoms with Crippen LogP contribution in [0.5, 0.6) is 0 Å². The Kier molecular flexibility index (Phi) is 2.76. The van der Waals surface area contributed by atoms with E-state index in [9.17, 15) is 4.79 Å². The first-order chi connectivity index (χ1) is 6.21. The van der Waals surface area contributed by atoms with Crippen molar-refractivity contribution in [3.63, 3.8) is 0 Å². The highest BCUT2D eigenvalue weighted by Gasteiger charge is 2.47. The first-order valence-corrected chi connectivity index (χ1v) is 4.85. The Balaban J connectivity index is 2.17. The number of epoxide rings is 1. The third-order valence-electron chi connectivity index (χ3n) is 1.99. The summed E-state index contributed by atoms with van der Waals surface area (Å²) in [5.74, 6) is 0. The highest BCUT2D eigenvalue weighted by atomic mass is 16.6. The van der Waals surface area contributed by atoms with Crippen molar-refractivity contribution < 1.29 is 14.3 Å². The highest BCUT2D eigenvalue weighted by molar-refractivity contribution is 5.67. The smallest absolute Gasteiger partial charge is 0.407 e. The largest absolute Gasteiger partial charge is 0.444 e. The Morgan fingerprint density at radius 1 is 1.50 bits per heavy atom. The zero-order chi connectivity index (χ0) is 11.0. The van der Waals surface area contributed by atoms with Crippen LogP contribution >= 0.6 is 0 Å². The van der Waals surface area contributed by atoms with E-state index in [-0.39, 0.29) is 17.8 Å². The molecule has 4 nitrogen and oxygen atoms in total. The lowest BCUT2D eigenvalue weighted by Crippen LogP contribution is -2.35. The van der Waals surface area contributed by atoms with Gasteiger partial charge in [0.25, 0.3) is 0 Å². The molecule has 0 bridgehead atoms. The van der Waals surface area contributed by atoms with Crippen LogP contribution in [0.4, 0.5) is 4.79 Å². The van der Waals surface area contributed by atoms with Gasteiger partial charge in [0.15, 0.2) is 0 Å². The van der Waals surface area contributed by atoms with E-state index in [1.807, 2.05) is 34.6 Å². The molecule has 1 amide bonds. The Hall–Kier alpha value is -0.770. The number of hydrogen-bond donors (Lipinski definition) is 1. The number of nitrogens with one attached hydrogen (secondary N) is 1. The zero-order valence-corrected chi connectivity index (χ0v) is 9.51. The molecule has 0 aromatic rings. The van der Waals surface area contributed by atoms with Crippen molar-refractivity contribution in [2.75, 3.05) is 6.54 Å². The van der Waals surface area contributed by atoms with Crippen LogP contribution in [0.3, 0.4) is 0 Å². The van der Waals surface area contributed by atoms with Gasteiger partial charge in [-0.3, -0.25) is 0 Å². The van der Waals surface area contributed by atoms with Gasteiger partial charge in [0.1, 0.15) is 11.7 Å². The van der Waals surface area contributed by atoms with Gasteiger partial charge < -0.3 is 14.8 Å². The Morgan fingerprint density at radius 2 is 2.00 bits per heavy atom. The highest BCUT2D eigenvalue weighted by Crippen LogP contribution is 2.34. The van der Waals surface area contributed by atoms with Gasteiger partial charge in [0.05, 0.1) is 5.60 Å². The Bertz CT molecular complexity index is 230. The molecule has 1 rings (SSSR count). The van der Waals surface area contributed by atoms with Crippen molar-refractivity contribution >= 4 is 6.09 Å². The van der Waals surface area contributed by atoms with Crippen molar-refractivity contribution in [2.24, 2.45) is 0 Å². The van der Waals surface area contributed by atoms with Crippen molar-refractivity contribution in [1.82, 2.24) is 5.32 Å².